The molecule has 1 amide bonds. The second kappa shape index (κ2) is 7.44. The summed E-state index contributed by atoms with van der Waals surface area (Å²) in [5.74, 6) is 0.132. The molecule has 0 aromatic carbocycles. The van der Waals surface area contributed by atoms with Crippen LogP contribution in [0.2, 0.25) is 0 Å². The van der Waals surface area contributed by atoms with Gasteiger partial charge in [0, 0.05) is 19.2 Å². The van der Waals surface area contributed by atoms with Crippen molar-refractivity contribution in [2.75, 3.05) is 6.54 Å². The molecule has 0 saturated heterocycles. The van der Waals surface area contributed by atoms with Gasteiger partial charge < -0.3 is 5.32 Å². The predicted molar refractivity (Wildman–Crippen MR) is 69.7 cm³/mol. The third-order valence-electron chi connectivity index (χ3n) is 2.57. The summed E-state index contributed by atoms with van der Waals surface area (Å²) in [7, 11) is 0. The Morgan fingerprint density at radius 2 is 2.28 bits per heavy atom. The molecule has 1 unspecified atom stereocenters. The van der Waals surface area contributed by atoms with Gasteiger partial charge in [-0.05, 0) is 24.5 Å². The van der Waals surface area contributed by atoms with Gasteiger partial charge in [0.15, 0.2) is 0 Å². The minimum atomic E-state index is -0.309. The minimum absolute atomic E-state index is 0.000110. The number of aromatic nitrogens is 1. The quantitative estimate of drug-likeness (QED) is 0.835. The molecule has 0 aliphatic rings. The number of nitrogens with one attached hydrogen (secondary N) is 1. The monoisotopic (exact) mass is 245 g/mol. The highest BCUT2D eigenvalue weighted by Crippen LogP contribution is 2.17. The maximum atomic E-state index is 11.6. The van der Waals surface area contributed by atoms with Crippen molar-refractivity contribution in [1.29, 1.82) is 5.26 Å². The highest BCUT2D eigenvalue weighted by atomic mass is 16.1. The van der Waals surface area contributed by atoms with E-state index in [1.165, 1.54) is 0 Å². The van der Waals surface area contributed by atoms with Gasteiger partial charge in [-0.25, -0.2) is 0 Å². The fourth-order valence-corrected chi connectivity index (χ4v) is 1.54. The fourth-order valence-electron chi connectivity index (χ4n) is 1.54. The van der Waals surface area contributed by atoms with Crippen molar-refractivity contribution in [1.82, 2.24) is 10.3 Å². The zero-order valence-corrected chi connectivity index (χ0v) is 10.9. The first kappa shape index (κ1) is 14.2. The average molecular weight is 245 g/mol. The molecule has 4 heteroatoms. The van der Waals surface area contributed by atoms with Crippen molar-refractivity contribution < 1.29 is 4.79 Å². The van der Waals surface area contributed by atoms with Crippen LogP contribution in [0.5, 0.6) is 0 Å². The average Bonchev–Trinajstić information content (AvgIpc) is 2.38. The zero-order chi connectivity index (χ0) is 13.4. The Bertz CT molecular complexity index is 409. The van der Waals surface area contributed by atoms with Crippen LogP contribution in [0, 0.1) is 17.2 Å². The SMILES string of the molecule is CC(C)CNC(=O)CCC(C#N)c1ccccn1. The molecular formula is C14H19N3O. The van der Waals surface area contributed by atoms with Crippen molar-refractivity contribution in [3.05, 3.63) is 30.1 Å². The molecule has 0 bridgehead atoms. The molecule has 4 nitrogen and oxygen atoms in total. The van der Waals surface area contributed by atoms with Gasteiger partial charge in [0.2, 0.25) is 5.91 Å². The number of carbonyl (C=O) groups excluding carboxylic acids is 1. The summed E-state index contributed by atoms with van der Waals surface area (Å²) in [5.41, 5.74) is 0.733. The lowest BCUT2D eigenvalue weighted by Crippen LogP contribution is -2.27. The van der Waals surface area contributed by atoms with Crippen LogP contribution in [0.1, 0.15) is 38.3 Å². The van der Waals surface area contributed by atoms with Gasteiger partial charge in [0.1, 0.15) is 0 Å². The topological polar surface area (TPSA) is 65.8 Å². The molecule has 1 rings (SSSR count). The van der Waals surface area contributed by atoms with E-state index in [2.05, 4.69) is 16.4 Å². The Morgan fingerprint density at radius 1 is 1.50 bits per heavy atom. The van der Waals surface area contributed by atoms with E-state index in [4.69, 9.17) is 5.26 Å². The molecule has 0 saturated carbocycles. The number of carbonyl (C=O) groups is 1. The van der Waals surface area contributed by atoms with Crippen LogP contribution in [0.4, 0.5) is 0 Å². The number of nitrogens with zero attached hydrogens (tertiary/aromatic N) is 2. The second-order valence-corrected chi connectivity index (χ2v) is 4.67. The van der Waals surface area contributed by atoms with Crippen molar-refractivity contribution >= 4 is 5.91 Å². The first-order valence-corrected chi connectivity index (χ1v) is 6.20. The molecule has 0 fully saturated rings. The predicted octanol–water partition coefficient (Wildman–Crippen LogP) is 2.24. The highest BCUT2D eigenvalue weighted by molar-refractivity contribution is 5.75. The van der Waals surface area contributed by atoms with E-state index in [9.17, 15) is 4.79 Å². The van der Waals surface area contributed by atoms with E-state index in [1.54, 1.807) is 6.20 Å². The van der Waals surface area contributed by atoms with Crippen LogP contribution in [0.25, 0.3) is 0 Å². The van der Waals surface area contributed by atoms with Crippen molar-refractivity contribution in [2.24, 2.45) is 5.92 Å². The summed E-state index contributed by atoms with van der Waals surface area (Å²) in [6.07, 6.45) is 2.54. The fraction of sp³-hybridized carbons (Fsp3) is 0.500. The van der Waals surface area contributed by atoms with E-state index in [1.807, 2.05) is 32.0 Å². The minimum Gasteiger partial charge on any atom is -0.356 e. The second-order valence-electron chi connectivity index (χ2n) is 4.67. The molecule has 0 radical (unpaired) electrons. The Morgan fingerprint density at radius 3 is 2.83 bits per heavy atom. The summed E-state index contributed by atoms with van der Waals surface area (Å²) in [6.45, 7) is 4.78. The van der Waals surface area contributed by atoms with Gasteiger partial charge in [-0.1, -0.05) is 19.9 Å². The van der Waals surface area contributed by atoms with Crippen LogP contribution in [-0.2, 0) is 4.79 Å². The third-order valence-corrected chi connectivity index (χ3v) is 2.57. The van der Waals surface area contributed by atoms with Crippen LogP contribution >= 0.6 is 0 Å². The molecular weight excluding hydrogens is 226 g/mol. The van der Waals surface area contributed by atoms with Crippen molar-refractivity contribution in [3.63, 3.8) is 0 Å². The summed E-state index contributed by atoms with van der Waals surface area (Å²) < 4.78 is 0. The lowest BCUT2D eigenvalue weighted by atomic mass is 10.0. The number of hydrogen-bond acceptors (Lipinski definition) is 3. The molecule has 18 heavy (non-hydrogen) atoms. The number of nitriles is 1. The molecule has 0 aliphatic heterocycles. The van der Waals surface area contributed by atoms with E-state index in [0.717, 1.165) is 5.69 Å². The maximum absolute atomic E-state index is 11.6. The van der Waals surface area contributed by atoms with E-state index in [0.29, 0.717) is 25.3 Å². The zero-order valence-electron chi connectivity index (χ0n) is 10.9. The van der Waals surface area contributed by atoms with Crippen molar-refractivity contribution in [2.45, 2.75) is 32.6 Å². The normalized spacial score (nSPS) is 11.9. The standard InChI is InChI=1S/C14H19N3O/c1-11(2)10-17-14(18)7-6-12(9-15)13-5-3-4-8-16-13/h3-5,8,11-12H,6-7,10H2,1-2H3,(H,17,18). The van der Waals surface area contributed by atoms with Gasteiger partial charge in [-0.15, -0.1) is 0 Å². The summed E-state index contributed by atoms with van der Waals surface area (Å²) in [6, 6.07) is 7.68. The summed E-state index contributed by atoms with van der Waals surface area (Å²) >= 11 is 0. The van der Waals surface area contributed by atoms with Crippen LogP contribution in [-0.4, -0.2) is 17.4 Å². The molecule has 1 atom stereocenters. The molecule has 96 valence electrons. The Kier molecular flexibility index (Phi) is 5.86. The molecule has 1 aromatic heterocycles. The van der Waals surface area contributed by atoms with E-state index in [-0.39, 0.29) is 11.8 Å². The summed E-state index contributed by atoms with van der Waals surface area (Å²) in [4.78, 5) is 15.7. The number of rotatable bonds is 6. The van der Waals surface area contributed by atoms with E-state index < -0.39 is 0 Å². The largest absolute Gasteiger partial charge is 0.356 e. The van der Waals surface area contributed by atoms with Crippen molar-refractivity contribution in [3.8, 4) is 6.07 Å². The lowest BCUT2D eigenvalue weighted by Gasteiger charge is -2.10. The highest BCUT2D eigenvalue weighted by Gasteiger charge is 2.13. The lowest BCUT2D eigenvalue weighted by molar-refractivity contribution is -0.121. The van der Waals surface area contributed by atoms with Gasteiger partial charge in [-0.2, -0.15) is 5.26 Å². The Hall–Kier alpha value is -1.89. The molecule has 1 heterocycles. The Balaban J connectivity index is 2.42. The van der Waals surface area contributed by atoms with Gasteiger partial charge in [-0.3, -0.25) is 9.78 Å². The van der Waals surface area contributed by atoms with Crippen LogP contribution in [0.15, 0.2) is 24.4 Å². The Labute approximate surface area is 108 Å². The number of hydrogen-bond donors (Lipinski definition) is 1. The molecule has 0 aliphatic carbocycles. The van der Waals surface area contributed by atoms with Gasteiger partial charge in [0.05, 0.1) is 17.7 Å². The maximum Gasteiger partial charge on any atom is 0.220 e. The molecule has 1 N–H and O–H groups in total. The van der Waals surface area contributed by atoms with Gasteiger partial charge in [0.25, 0.3) is 0 Å². The first-order chi connectivity index (χ1) is 8.63. The first-order valence-electron chi connectivity index (χ1n) is 6.20. The third kappa shape index (κ3) is 4.96. The number of amides is 1. The molecule has 1 aromatic rings. The van der Waals surface area contributed by atoms with E-state index >= 15 is 0 Å². The van der Waals surface area contributed by atoms with Crippen LogP contribution in [0.3, 0.4) is 0 Å². The summed E-state index contributed by atoms with van der Waals surface area (Å²) in [5, 5.41) is 11.9. The smallest absolute Gasteiger partial charge is 0.220 e. The number of pyridine rings is 1. The van der Waals surface area contributed by atoms with Gasteiger partial charge >= 0.3 is 0 Å². The van der Waals surface area contributed by atoms with Crippen LogP contribution < -0.4 is 5.32 Å². The molecule has 0 spiro atoms.